The summed E-state index contributed by atoms with van der Waals surface area (Å²) in [6.07, 6.45) is 52.4. The van der Waals surface area contributed by atoms with Crippen LogP contribution in [0.5, 0.6) is 0 Å². The van der Waals surface area contributed by atoms with Crippen molar-refractivity contribution in [1.29, 1.82) is 0 Å². The highest BCUT2D eigenvalue weighted by Crippen LogP contribution is 2.17. The summed E-state index contributed by atoms with van der Waals surface area (Å²) in [5, 5.41) is 23.7. The molecule has 0 radical (unpaired) electrons. The van der Waals surface area contributed by atoms with Gasteiger partial charge in [-0.3, -0.25) is 9.35 Å². The molecule has 8 heteroatoms. The summed E-state index contributed by atoms with van der Waals surface area (Å²) in [7, 11) is -4.41. The van der Waals surface area contributed by atoms with Crippen LogP contribution in [-0.2, 0) is 14.9 Å². The molecule has 0 fully saturated rings. The van der Waals surface area contributed by atoms with Crippen LogP contribution in [0, 0.1) is 0 Å². The van der Waals surface area contributed by atoms with Crippen molar-refractivity contribution in [2.24, 2.45) is 0 Å². The molecule has 58 heavy (non-hydrogen) atoms. The lowest BCUT2D eigenvalue weighted by Crippen LogP contribution is -2.50. The van der Waals surface area contributed by atoms with Gasteiger partial charge in [-0.05, 0) is 38.5 Å². The van der Waals surface area contributed by atoms with Gasteiger partial charge in [0.15, 0.2) is 0 Å². The highest BCUT2D eigenvalue weighted by molar-refractivity contribution is 7.85. The van der Waals surface area contributed by atoms with Crippen molar-refractivity contribution in [1.82, 2.24) is 5.32 Å². The van der Waals surface area contributed by atoms with Crippen molar-refractivity contribution in [2.45, 2.75) is 295 Å². The van der Waals surface area contributed by atoms with Gasteiger partial charge < -0.3 is 15.5 Å². The molecule has 0 aromatic carbocycles. The lowest BCUT2D eigenvalue weighted by atomic mass is 10.0. The molecule has 0 aromatic heterocycles. The quantitative estimate of drug-likeness (QED) is 0.0275. The molecule has 0 saturated carbocycles. The molecule has 0 aliphatic heterocycles. The van der Waals surface area contributed by atoms with Gasteiger partial charge in [0, 0.05) is 0 Å². The summed E-state index contributed by atoms with van der Waals surface area (Å²) in [5.41, 5.74) is 0. The molecule has 0 aliphatic rings. The Kier molecular flexibility index (Phi) is 43.4. The fraction of sp³-hybridized carbons (Fsp3) is 0.940. The topological polar surface area (TPSA) is 124 Å². The van der Waals surface area contributed by atoms with E-state index in [0.29, 0.717) is 19.3 Å². The monoisotopic (exact) mass is 842 g/mol. The third-order valence-electron chi connectivity index (χ3n) is 12.1. The zero-order valence-electron chi connectivity index (χ0n) is 38.6. The molecule has 3 atom stereocenters. The fourth-order valence-corrected chi connectivity index (χ4v) is 8.92. The van der Waals surface area contributed by atoms with Gasteiger partial charge in [-0.25, -0.2) is 0 Å². The van der Waals surface area contributed by atoms with E-state index < -0.39 is 40.0 Å². The number of allylic oxidation sites excluding steroid dienone is 2. The first-order chi connectivity index (χ1) is 28.2. The number of carbonyl (C=O) groups is 1. The Morgan fingerprint density at radius 3 is 1.03 bits per heavy atom. The SMILES string of the molecule is CCCCCCCCCCCC/C=C\CCCCCCCCC(O)C(=O)NC(CS(=O)(=O)O)C(O)CCCCCCCCCCCCCCCCCCCCCCC. The van der Waals surface area contributed by atoms with Gasteiger partial charge in [0.1, 0.15) is 6.10 Å². The Bertz CT molecular complexity index is 989. The summed E-state index contributed by atoms with van der Waals surface area (Å²) in [6.45, 7) is 4.55. The smallest absolute Gasteiger partial charge is 0.266 e. The largest absolute Gasteiger partial charge is 0.391 e. The Morgan fingerprint density at radius 2 is 0.724 bits per heavy atom. The molecular weight excluding hydrogens is 743 g/mol. The number of hydrogen-bond donors (Lipinski definition) is 4. The van der Waals surface area contributed by atoms with E-state index >= 15 is 0 Å². The van der Waals surface area contributed by atoms with Crippen molar-refractivity contribution >= 4 is 16.0 Å². The van der Waals surface area contributed by atoms with Gasteiger partial charge in [0.05, 0.1) is 17.9 Å². The number of aliphatic hydroxyl groups is 2. The number of hydrogen-bond acceptors (Lipinski definition) is 5. The zero-order valence-corrected chi connectivity index (χ0v) is 39.4. The molecule has 0 bridgehead atoms. The summed E-state index contributed by atoms with van der Waals surface area (Å²) in [6, 6.07) is -1.15. The second kappa shape index (κ2) is 44.1. The third-order valence-corrected chi connectivity index (χ3v) is 12.9. The van der Waals surface area contributed by atoms with Gasteiger partial charge in [-0.1, -0.05) is 251 Å². The summed E-state index contributed by atoms with van der Waals surface area (Å²) in [4.78, 5) is 12.7. The lowest BCUT2D eigenvalue weighted by Gasteiger charge is -2.24. The molecule has 0 saturated heterocycles. The Morgan fingerprint density at radius 1 is 0.448 bits per heavy atom. The van der Waals surface area contributed by atoms with E-state index in [-0.39, 0.29) is 0 Å². The minimum atomic E-state index is -4.41. The standard InChI is InChI=1S/C50H99NO6S/c1-3-5-7-9-11-13-15-17-19-21-23-25-27-28-30-32-34-36-38-40-42-44-48(52)47(46-58(55,56)57)51-50(54)49(53)45-43-41-39-37-35-33-31-29-26-24-22-20-18-16-14-12-10-8-6-4-2/h26,29,47-49,52-53H,3-25,27-28,30-46H2,1-2H3,(H,51,54)(H,55,56,57)/b29-26-. The van der Waals surface area contributed by atoms with Gasteiger partial charge in [-0.2, -0.15) is 8.42 Å². The van der Waals surface area contributed by atoms with Gasteiger partial charge >= 0.3 is 0 Å². The van der Waals surface area contributed by atoms with Crippen LogP contribution in [0.3, 0.4) is 0 Å². The van der Waals surface area contributed by atoms with Crippen molar-refractivity contribution in [3.63, 3.8) is 0 Å². The normalized spacial score (nSPS) is 13.7. The predicted octanol–water partition coefficient (Wildman–Crippen LogP) is 14.7. The number of rotatable bonds is 47. The first kappa shape index (κ1) is 57.0. The van der Waals surface area contributed by atoms with E-state index in [9.17, 15) is 28.0 Å². The van der Waals surface area contributed by atoms with Crippen LogP contribution >= 0.6 is 0 Å². The molecule has 1 amide bonds. The van der Waals surface area contributed by atoms with Crippen LogP contribution in [0.1, 0.15) is 277 Å². The molecule has 0 heterocycles. The summed E-state index contributed by atoms with van der Waals surface area (Å²) >= 11 is 0. The maximum absolute atomic E-state index is 12.7. The first-order valence-electron chi connectivity index (χ1n) is 25.5. The average Bonchev–Trinajstić information content (AvgIpc) is 3.19. The van der Waals surface area contributed by atoms with Crippen LogP contribution in [0.2, 0.25) is 0 Å². The maximum atomic E-state index is 12.7. The van der Waals surface area contributed by atoms with Crippen LogP contribution in [0.25, 0.3) is 0 Å². The van der Waals surface area contributed by atoms with E-state index in [0.717, 1.165) is 51.4 Å². The number of nitrogens with one attached hydrogen (secondary N) is 1. The first-order valence-corrected chi connectivity index (χ1v) is 27.1. The van der Waals surface area contributed by atoms with E-state index in [4.69, 9.17) is 0 Å². The predicted molar refractivity (Wildman–Crippen MR) is 250 cm³/mol. The van der Waals surface area contributed by atoms with Crippen molar-refractivity contribution in [3.05, 3.63) is 12.2 Å². The van der Waals surface area contributed by atoms with Crippen LogP contribution in [0.15, 0.2) is 12.2 Å². The van der Waals surface area contributed by atoms with E-state index in [1.165, 1.54) is 193 Å². The van der Waals surface area contributed by atoms with Crippen LogP contribution in [0.4, 0.5) is 0 Å². The molecular formula is C50H99NO6S. The van der Waals surface area contributed by atoms with E-state index in [1.807, 2.05) is 0 Å². The van der Waals surface area contributed by atoms with Gasteiger partial charge in [0.25, 0.3) is 10.1 Å². The molecule has 0 rings (SSSR count). The summed E-state index contributed by atoms with van der Waals surface area (Å²) in [5.74, 6) is -1.45. The minimum Gasteiger partial charge on any atom is -0.391 e. The summed E-state index contributed by atoms with van der Waals surface area (Å²) < 4.78 is 32.8. The van der Waals surface area contributed by atoms with E-state index in [1.54, 1.807) is 0 Å². The highest BCUT2D eigenvalue weighted by atomic mass is 32.2. The third kappa shape index (κ3) is 43.1. The van der Waals surface area contributed by atoms with Crippen LogP contribution < -0.4 is 5.32 Å². The minimum absolute atomic E-state index is 0.293. The Labute approximate surface area is 361 Å². The Hall–Kier alpha value is -0.960. The number of aliphatic hydroxyl groups excluding tert-OH is 2. The van der Waals surface area contributed by atoms with Gasteiger partial charge in [-0.15, -0.1) is 0 Å². The molecule has 346 valence electrons. The molecule has 0 spiro atoms. The van der Waals surface area contributed by atoms with E-state index in [2.05, 4.69) is 31.3 Å². The van der Waals surface area contributed by atoms with Gasteiger partial charge in [0.2, 0.25) is 5.91 Å². The number of unbranched alkanes of at least 4 members (excludes halogenated alkanes) is 36. The molecule has 0 aliphatic carbocycles. The van der Waals surface area contributed by atoms with Crippen molar-refractivity contribution in [3.8, 4) is 0 Å². The Balaban J connectivity index is 3.85. The fourth-order valence-electron chi connectivity index (χ4n) is 8.16. The van der Waals surface area contributed by atoms with Crippen LogP contribution in [-0.4, -0.2) is 53.1 Å². The zero-order chi connectivity index (χ0) is 42.6. The molecule has 0 aromatic rings. The number of carbonyl (C=O) groups excluding carboxylic acids is 1. The highest BCUT2D eigenvalue weighted by Gasteiger charge is 2.28. The van der Waals surface area contributed by atoms with Crippen molar-refractivity contribution in [2.75, 3.05) is 5.75 Å². The lowest BCUT2D eigenvalue weighted by molar-refractivity contribution is -0.131. The molecule has 3 unspecified atom stereocenters. The number of amides is 1. The molecule has 7 nitrogen and oxygen atoms in total. The second-order valence-electron chi connectivity index (χ2n) is 17.9. The maximum Gasteiger partial charge on any atom is 0.266 e. The second-order valence-corrected chi connectivity index (χ2v) is 19.4. The molecule has 4 N–H and O–H groups in total. The van der Waals surface area contributed by atoms with Crippen molar-refractivity contribution < 1.29 is 28.0 Å². The average molecular weight is 842 g/mol.